The Balaban J connectivity index is 1.64. The standard InChI is InChI=1S/C17H18N2OS/c1-20-16-4-2-3-14-5-6-15(19-17(14)16)11-18-9-7-13-8-10-21-12-13/h2-6,8,10,12,18H,7,9,11H2,1H3. The van der Waals surface area contributed by atoms with E-state index in [9.17, 15) is 0 Å². The van der Waals surface area contributed by atoms with Gasteiger partial charge in [0.15, 0.2) is 0 Å². The number of nitrogens with one attached hydrogen (secondary N) is 1. The molecule has 0 aliphatic heterocycles. The lowest BCUT2D eigenvalue weighted by molar-refractivity contribution is 0.418. The van der Waals surface area contributed by atoms with Gasteiger partial charge in [0.2, 0.25) is 0 Å². The molecule has 3 rings (SSSR count). The SMILES string of the molecule is COc1cccc2ccc(CNCCc3ccsc3)nc12. The average molecular weight is 298 g/mol. The van der Waals surface area contributed by atoms with Gasteiger partial charge in [0.05, 0.1) is 12.8 Å². The smallest absolute Gasteiger partial charge is 0.145 e. The number of aromatic nitrogens is 1. The molecule has 0 fully saturated rings. The summed E-state index contributed by atoms with van der Waals surface area (Å²) in [5.74, 6) is 0.827. The predicted molar refractivity (Wildman–Crippen MR) is 88.0 cm³/mol. The first-order valence-electron chi connectivity index (χ1n) is 7.01. The van der Waals surface area contributed by atoms with Crippen molar-refractivity contribution in [3.8, 4) is 5.75 Å². The molecule has 0 radical (unpaired) electrons. The van der Waals surface area contributed by atoms with Crippen LogP contribution in [0.2, 0.25) is 0 Å². The number of thiophene rings is 1. The van der Waals surface area contributed by atoms with Crippen LogP contribution in [-0.4, -0.2) is 18.6 Å². The number of ether oxygens (including phenoxy) is 1. The highest BCUT2D eigenvalue weighted by Crippen LogP contribution is 2.23. The van der Waals surface area contributed by atoms with Crippen molar-refractivity contribution >= 4 is 22.2 Å². The van der Waals surface area contributed by atoms with Crippen LogP contribution in [0, 0.1) is 0 Å². The highest BCUT2D eigenvalue weighted by atomic mass is 32.1. The monoisotopic (exact) mass is 298 g/mol. The van der Waals surface area contributed by atoms with Crippen molar-refractivity contribution in [2.24, 2.45) is 0 Å². The molecule has 0 bridgehead atoms. The van der Waals surface area contributed by atoms with Gasteiger partial charge in [0, 0.05) is 11.9 Å². The highest BCUT2D eigenvalue weighted by molar-refractivity contribution is 7.07. The number of fused-ring (bicyclic) bond motifs is 1. The molecule has 3 nitrogen and oxygen atoms in total. The number of para-hydroxylation sites is 1. The topological polar surface area (TPSA) is 34.1 Å². The van der Waals surface area contributed by atoms with Crippen molar-refractivity contribution < 1.29 is 4.74 Å². The van der Waals surface area contributed by atoms with E-state index in [0.717, 1.165) is 41.9 Å². The summed E-state index contributed by atoms with van der Waals surface area (Å²) in [4.78, 5) is 4.70. The molecule has 1 aromatic carbocycles. The van der Waals surface area contributed by atoms with Crippen molar-refractivity contribution in [2.75, 3.05) is 13.7 Å². The van der Waals surface area contributed by atoms with Gasteiger partial charge in [-0.05, 0) is 47.5 Å². The molecular formula is C17H18N2OS. The molecule has 0 aliphatic carbocycles. The van der Waals surface area contributed by atoms with E-state index < -0.39 is 0 Å². The first kappa shape index (κ1) is 14.0. The van der Waals surface area contributed by atoms with E-state index in [0.29, 0.717) is 0 Å². The summed E-state index contributed by atoms with van der Waals surface area (Å²) < 4.78 is 5.38. The number of benzene rings is 1. The third-order valence-electron chi connectivity index (χ3n) is 3.44. The zero-order chi connectivity index (χ0) is 14.5. The van der Waals surface area contributed by atoms with Crippen LogP contribution in [0.3, 0.4) is 0 Å². The Hall–Kier alpha value is -1.91. The lowest BCUT2D eigenvalue weighted by Crippen LogP contribution is -2.17. The second-order valence-corrected chi connectivity index (χ2v) is 5.67. The second-order valence-electron chi connectivity index (χ2n) is 4.89. The molecule has 108 valence electrons. The van der Waals surface area contributed by atoms with E-state index >= 15 is 0 Å². The summed E-state index contributed by atoms with van der Waals surface area (Å²) in [7, 11) is 1.68. The number of rotatable bonds is 6. The molecule has 4 heteroatoms. The molecule has 2 heterocycles. The van der Waals surface area contributed by atoms with Gasteiger partial charge in [-0.25, -0.2) is 4.98 Å². The average Bonchev–Trinajstić information content (AvgIpc) is 3.04. The van der Waals surface area contributed by atoms with Crippen LogP contribution in [0.4, 0.5) is 0 Å². The lowest BCUT2D eigenvalue weighted by atomic mass is 10.2. The normalized spacial score (nSPS) is 10.9. The van der Waals surface area contributed by atoms with Gasteiger partial charge in [0.1, 0.15) is 11.3 Å². The van der Waals surface area contributed by atoms with E-state index in [1.54, 1.807) is 18.4 Å². The third kappa shape index (κ3) is 3.40. The van der Waals surface area contributed by atoms with Gasteiger partial charge < -0.3 is 10.1 Å². The second kappa shape index (κ2) is 6.70. The Bertz CT molecular complexity index is 710. The number of nitrogens with zero attached hydrogens (tertiary/aromatic N) is 1. The molecule has 0 atom stereocenters. The van der Waals surface area contributed by atoms with Gasteiger partial charge >= 0.3 is 0 Å². The van der Waals surface area contributed by atoms with Crippen molar-refractivity contribution in [3.63, 3.8) is 0 Å². The summed E-state index contributed by atoms with van der Waals surface area (Å²) in [5.41, 5.74) is 3.36. The van der Waals surface area contributed by atoms with E-state index in [2.05, 4.69) is 40.3 Å². The molecule has 1 N–H and O–H groups in total. The molecule has 0 amide bonds. The number of methoxy groups -OCH3 is 1. The van der Waals surface area contributed by atoms with E-state index in [-0.39, 0.29) is 0 Å². The van der Waals surface area contributed by atoms with Gasteiger partial charge in [-0.15, -0.1) is 0 Å². The zero-order valence-electron chi connectivity index (χ0n) is 12.0. The van der Waals surface area contributed by atoms with E-state index in [1.165, 1.54) is 5.56 Å². The van der Waals surface area contributed by atoms with Crippen LogP contribution < -0.4 is 10.1 Å². The predicted octanol–water partition coefficient (Wildman–Crippen LogP) is 3.64. The Morgan fingerprint density at radius 3 is 2.95 bits per heavy atom. The van der Waals surface area contributed by atoms with Crippen LogP contribution in [0.15, 0.2) is 47.2 Å². The van der Waals surface area contributed by atoms with Crippen molar-refractivity contribution in [1.82, 2.24) is 10.3 Å². The molecule has 3 aromatic rings. The molecule has 21 heavy (non-hydrogen) atoms. The van der Waals surface area contributed by atoms with Crippen LogP contribution in [-0.2, 0) is 13.0 Å². The largest absolute Gasteiger partial charge is 0.494 e. The van der Waals surface area contributed by atoms with Crippen LogP contribution in [0.25, 0.3) is 10.9 Å². The van der Waals surface area contributed by atoms with Gasteiger partial charge in [-0.1, -0.05) is 18.2 Å². The third-order valence-corrected chi connectivity index (χ3v) is 4.17. The fraction of sp³-hybridized carbons (Fsp3) is 0.235. The van der Waals surface area contributed by atoms with Crippen molar-refractivity contribution in [1.29, 1.82) is 0 Å². The Morgan fingerprint density at radius 2 is 2.14 bits per heavy atom. The minimum atomic E-state index is 0.776. The fourth-order valence-corrected chi connectivity index (χ4v) is 3.01. The Kier molecular flexibility index (Phi) is 4.48. The van der Waals surface area contributed by atoms with Crippen LogP contribution in [0.5, 0.6) is 5.75 Å². The maximum absolute atomic E-state index is 5.38. The number of hydrogen-bond donors (Lipinski definition) is 1. The van der Waals surface area contributed by atoms with Gasteiger partial charge in [-0.2, -0.15) is 11.3 Å². The fourth-order valence-electron chi connectivity index (χ4n) is 2.31. The van der Waals surface area contributed by atoms with Gasteiger partial charge in [0.25, 0.3) is 0 Å². The minimum absolute atomic E-state index is 0.776. The summed E-state index contributed by atoms with van der Waals surface area (Å²) in [5, 5.41) is 8.86. The highest BCUT2D eigenvalue weighted by Gasteiger charge is 2.04. The molecule has 2 aromatic heterocycles. The van der Waals surface area contributed by atoms with Crippen LogP contribution >= 0.6 is 11.3 Å². The summed E-state index contributed by atoms with van der Waals surface area (Å²) in [6, 6.07) is 12.3. The van der Waals surface area contributed by atoms with E-state index in [4.69, 9.17) is 9.72 Å². The zero-order valence-corrected chi connectivity index (χ0v) is 12.8. The minimum Gasteiger partial charge on any atom is -0.494 e. The molecule has 0 unspecified atom stereocenters. The van der Waals surface area contributed by atoms with Crippen molar-refractivity contribution in [2.45, 2.75) is 13.0 Å². The summed E-state index contributed by atoms with van der Waals surface area (Å²) >= 11 is 1.75. The Morgan fingerprint density at radius 1 is 1.19 bits per heavy atom. The lowest BCUT2D eigenvalue weighted by Gasteiger charge is -2.08. The maximum Gasteiger partial charge on any atom is 0.145 e. The molecule has 0 saturated carbocycles. The number of hydrogen-bond acceptors (Lipinski definition) is 4. The van der Waals surface area contributed by atoms with Crippen LogP contribution in [0.1, 0.15) is 11.3 Å². The molecule has 0 spiro atoms. The molecular weight excluding hydrogens is 280 g/mol. The summed E-state index contributed by atoms with van der Waals surface area (Å²) in [6.07, 6.45) is 1.06. The molecule has 0 saturated heterocycles. The first-order valence-corrected chi connectivity index (χ1v) is 7.95. The molecule has 0 aliphatic rings. The van der Waals surface area contributed by atoms with E-state index in [1.807, 2.05) is 12.1 Å². The summed E-state index contributed by atoms with van der Waals surface area (Å²) in [6.45, 7) is 1.74. The Labute approximate surface area is 128 Å². The van der Waals surface area contributed by atoms with Crippen molar-refractivity contribution in [3.05, 3.63) is 58.4 Å². The maximum atomic E-state index is 5.38. The quantitative estimate of drug-likeness (QED) is 0.706. The number of pyridine rings is 1. The van der Waals surface area contributed by atoms with Gasteiger partial charge in [-0.3, -0.25) is 0 Å². The first-order chi connectivity index (χ1) is 10.4.